The van der Waals surface area contributed by atoms with Crippen LogP contribution in [0, 0.1) is 0 Å². The van der Waals surface area contributed by atoms with Crippen molar-refractivity contribution in [2.45, 2.75) is 13.8 Å². The molecule has 2 aliphatic rings. The lowest BCUT2D eigenvalue weighted by molar-refractivity contribution is -0.117. The van der Waals surface area contributed by atoms with Gasteiger partial charge in [0, 0.05) is 0 Å². The summed E-state index contributed by atoms with van der Waals surface area (Å²) in [4.78, 5) is 24.9. The Hall–Kier alpha value is -3.14. The smallest absolute Gasteiger partial charge is 0.258 e. The number of rotatable bonds is 6. The number of allylic oxidation sites excluding steroid dienone is 8. The van der Waals surface area contributed by atoms with Gasteiger partial charge in [-0.15, -0.1) is 0 Å². The van der Waals surface area contributed by atoms with E-state index in [1.165, 1.54) is 0 Å². The monoisotopic (exact) mass is 320 g/mol. The van der Waals surface area contributed by atoms with Crippen LogP contribution in [0.3, 0.4) is 0 Å². The molecule has 2 N–H and O–H groups in total. The van der Waals surface area contributed by atoms with E-state index in [0.717, 1.165) is 5.57 Å². The molecule has 0 aromatic carbocycles. The van der Waals surface area contributed by atoms with Crippen LogP contribution in [0.2, 0.25) is 0 Å². The fraction of sp³-hybridized carbons (Fsp3) is 0.100. The largest absolute Gasteiger partial charge is 0.321 e. The number of fused-ring (bicyclic) bond motifs is 1. The van der Waals surface area contributed by atoms with Crippen molar-refractivity contribution in [3.8, 4) is 0 Å². The van der Waals surface area contributed by atoms with Crippen LogP contribution in [0.4, 0.5) is 0 Å². The molecule has 4 heteroatoms. The topological polar surface area (TPSA) is 58.2 Å². The van der Waals surface area contributed by atoms with Crippen molar-refractivity contribution in [3.05, 3.63) is 95.5 Å². The summed E-state index contributed by atoms with van der Waals surface area (Å²) in [5.41, 5.74) is 3.16. The van der Waals surface area contributed by atoms with Gasteiger partial charge in [-0.2, -0.15) is 0 Å². The van der Waals surface area contributed by atoms with E-state index >= 15 is 0 Å². The number of hydrogen-bond donors (Lipinski definition) is 2. The van der Waals surface area contributed by atoms with Crippen molar-refractivity contribution >= 4 is 11.8 Å². The van der Waals surface area contributed by atoms with Gasteiger partial charge in [-0.25, -0.2) is 0 Å². The Morgan fingerprint density at radius 1 is 0.917 bits per heavy atom. The molecule has 2 amide bonds. The predicted octanol–water partition coefficient (Wildman–Crippen LogP) is 3.13. The van der Waals surface area contributed by atoms with Gasteiger partial charge in [-0.05, 0) is 25.0 Å². The molecule has 0 atom stereocenters. The van der Waals surface area contributed by atoms with E-state index in [9.17, 15) is 9.59 Å². The van der Waals surface area contributed by atoms with Crippen LogP contribution in [0.25, 0.3) is 0 Å². The first-order chi connectivity index (χ1) is 11.6. The van der Waals surface area contributed by atoms with Crippen LogP contribution < -0.4 is 10.6 Å². The zero-order valence-electron chi connectivity index (χ0n) is 13.8. The third-order valence-corrected chi connectivity index (χ3v) is 3.67. The molecule has 0 aromatic heterocycles. The van der Waals surface area contributed by atoms with Crippen molar-refractivity contribution in [2.24, 2.45) is 0 Å². The van der Waals surface area contributed by atoms with Crippen LogP contribution in [0.5, 0.6) is 0 Å². The summed E-state index contributed by atoms with van der Waals surface area (Å²) in [5.74, 6) is -0.596. The second-order valence-electron chi connectivity index (χ2n) is 5.10. The van der Waals surface area contributed by atoms with E-state index in [4.69, 9.17) is 0 Å². The zero-order chi connectivity index (χ0) is 17.7. The highest BCUT2D eigenvalue weighted by atomic mass is 16.2. The molecule has 0 spiro atoms. The summed E-state index contributed by atoms with van der Waals surface area (Å²) >= 11 is 0. The molecule has 0 bridgehead atoms. The van der Waals surface area contributed by atoms with E-state index in [2.05, 4.69) is 23.8 Å². The van der Waals surface area contributed by atoms with Crippen molar-refractivity contribution < 1.29 is 9.59 Å². The first-order valence-corrected chi connectivity index (χ1v) is 7.62. The lowest BCUT2D eigenvalue weighted by atomic mass is 10.0. The molecular formula is C20H20N2O2. The van der Waals surface area contributed by atoms with Gasteiger partial charge in [0.25, 0.3) is 11.8 Å². The predicted molar refractivity (Wildman–Crippen MR) is 96.5 cm³/mol. The summed E-state index contributed by atoms with van der Waals surface area (Å²) in [5, 5.41) is 5.59. The second-order valence-corrected chi connectivity index (χ2v) is 5.10. The van der Waals surface area contributed by atoms with Crippen LogP contribution in [-0.2, 0) is 9.59 Å². The van der Waals surface area contributed by atoms with Gasteiger partial charge in [-0.1, -0.05) is 61.8 Å². The Kier molecular flexibility index (Phi) is 5.32. The average Bonchev–Trinajstić information content (AvgIpc) is 3.09. The lowest BCUT2D eigenvalue weighted by Crippen LogP contribution is -2.23. The van der Waals surface area contributed by atoms with Gasteiger partial charge in [0.1, 0.15) is 0 Å². The minimum absolute atomic E-state index is 0.298. The van der Waals surface area contributed by atoms with E-state index < -0.39 is 0 Å². The standard InChI is InChI=1S/C20H20N2O2/c1-5-9-11-13(7-3)17-15-16(20(24)21-17)18(22-19(15)23)14(8-4)12-10-6-2/h5-12H,1,4H2,2-3H3,(H,21,24)(H,22,23)/b10-6-,11-9-,13-7+,14-12+. The molecule has 122 valence electrons. The molecular weight excluding hydrogens is 300 g/mol. The molecule has 0 aromatic rings. The second kappa shape index (κ2) is 7.42. The Morgan fingerprint density at radius 2 is 1.50 bits per heavy atom. The first kappa shape index (κ1) is 17.2. The minimum atomic E-state index is -0.298. The van der Waals surface area contributed by atoms with Gasteiger partial charge < -0.3 is 10.6 Å². The molecule has 2 heterocycles. The summed E-state index contributed by atoms with van der Waals surface area (Å²) in [6, 6.07) is 0. The molecule has 24 heavy (non-hydrogen) atoms. The van der Waals surface area contributed by atoms with E-state index in [-0.39, 0.29) is 11.8 Å². The Labute approximate surface area is 142 Å². The van der Waals surface area contributed by atoms with Gasteiger partial charge in [0.2, 0.25) is 0 Å². The van der Waals surface area contributed by atoms with Crippen LogP contribution >= 0.6 is 0 Å². The number of carbonyl (C=O) groups is 2. The highest BCUT2D eigenvalue weighted by molar-refractivity contribution is 6.20. The van der Waals surface area contributed by atoms with Gasteiger partial charge in [-0.3, -0.25) is 9.59 Å². The van der Waals surface area contributed by atoms with Crippen LogP contribution in [0.15, 0.2) is 95.5 Å². The highest BCUT2D eigenvalue weighted by Gasteiger charge is 2.40. The van der Waals surface area contributed by atoms with E-state index in [1.807, 2.05) is 32.1 Å². The van der Waals surface area contributed by atoms with Gasteiger partial charge >= 0.3 is 0 Å². The quantitative estimate of drug-likeness (QED) is 0.739. The number of amides is 2. The first-order valence-electron chi connectivity index (χ1n) is 7.62. The van der Waals surface area contributed by atoms with Crippen molar-refractivity contribution in [1.29, 1.82) is 0 Å². The molecule has 0 fully saturated rings. The van der Waals surface area contributed by atoms with Crippen molar-refractivity contribution in [2.75, 3.05) is 0 Å². The molecule has 0 saturated carbocycles. The molecule has 0 aliphatic carbocycles. The van der Waals surface area contributed by atoms with Gasteiger partial charge in [0.05, 0.1) is 22.5 Å². The highest BCUT2D eigenvalue weighted by Crippen LogP contribution is 2.35. The Bertz CT molecular complexity index is 799. The number of nitrogens with one attached hydrogen (secondary N) is 2. The SMILES string of the molecule is C=C/C=C\C(=C/C)C1=C2C(=O)NC(/C(C=C)=C/C=C\C)=C2C(=O)N1. The average molecular weight is 320 g/mol. The van der Waals surface area contributed by atoms with E-state index in [0.29, 0.717) is 28.1 Å². The fourth-order valence-corrected chi connectivity index (χ4v) is 2.56. The normalized spacial score (nSPS) is 18.6. The fourth-order valence-electron chi connectivity index (χ4n) is 2.56. The summed E-state index contributed by atoms with van der Waals surface area (Å²) in [6.45, 7) is 11.1. The minimum Gasteiger partial charge on any atom is -0.321 e. The molecule has 0 saturated heterocycles. The van der Waals surface area contributed by atoms with Crippen LogP contribution in [0.1, 0.15) is 13.8 Å². The maximum Gasteiger partial charge on any atom is 0.258 e. The summed E-state index contributed by atoms with van der Waals surface area (Å²) in [6.07, 6.45) is 14.1. The number of carbonyl (C=O) groups excluding carboxylic acids is 2. The zero-order valence-corrected chi connectivity index (χ0v) is 13.8. The third kappa shape index (κ3) is 2.99. The molecule has 4 nitrogen and oxygen atoms in total. The maximum atomic E-state index is 12.5. The van der Waals surface area contributed by atoms with Crippen molar-refractivity contribution in [3.63, 3.8) is 0 Å². The third-order valence-electron chi connectivity index (χ3n) is 3.67. The maximum absolute atomic E-state index is 12.5. The molecule has 2 rings (SSSR count). The molecule has 0 unspecified atom stereocenters. The Morgan fingerprint density at radius 3 is 1.96 bits per heavy atom. The Balaban J connectivity index is 2.64. The molecule has 2 aliphatic heterocycles. The summed E-state index contributed by atoms with van der Waals surface area (Å²) in [7, 11) is 0. The summed E-state index contributed by atoms with van der Waals surface area (Å²) < 4.78 is 0. The van der Waals surface area contributed by atoms with Gasteiger partial charge in [0.15, 0.2) is 0 Å². The van der Waals surface area contributed by atoms with E-state index in [1.54, 1.807) is 30.4 Å². The lowest BCUT2D eigenvalue weighted by Gasteiger charge is -2.07. The van der Waals surface area contributed by atoms with Crippen molar-refractivity contribution in [1.82, 2.24) is 10.6 Å². The number of hydrogen-bond acceptors (Lipinski definition) is 2. The van der Waals surface area contributed by atoms with Crippen LogP contribution in [-0.4, -0.2) is 11.8 Å². The molecule has 0 radical (unpaired) electrons.